The van der Waals surface area contributed by atoms with Crippen LogP contribution in [-0.4, -0.2) is 6.01 Å². The number of hydrogen-bond acceptors (Lipinski definition) is 2. The first-order valence-electron chi connectivity index (χ1n) is 7.83. The molecule has 0 unspecified atom stereocenters. The van der Waals surface area contributed by atoms with Crippen LogP contribution in [0.15, 0.2) is 23.2 Å². The summed E-state index contributed by atoms with van der Waals surface area (Å²) < 4.78 is 0. The Morgan fingerprint density at radius 2 is 1.48 bits per heavy atom. The van der Waals surface area contributed by atoms with E-state index in [-0.39, 0.29) is 10.8 Å². The van der Waals surface area contributed by atoms with Gasteiger partial charge < -0.3 is 0 Å². The van der Waals surface area contributed by atoms with Crippen molar-refractivity contribution in [1.29, 1.82) is 5.41 Å². The van der Waals surface area contributed by atoms with Gasteiger partial charge in [-0.25, -0.2) is 5.41 Å². The number of hydrogen-bond donors (Lipinski definition) is 1. The van der Waals surface area contributed by atoms with Gasteiger partial charge in [0.05, 0.1) is 11.7 Å². The Labute approximate surface area is 130 Å². The van der Waals surface area contributed by atoms with E-state index >= 15 is 0 Å². The first-order valence-corrected chi connectivity index (χ1v) is 7.83. The van der Waals surface area contributed by atoms with Crippen LogP contribution in [0, 0.1) is 17.2 Å². The van der Waals surface area contributed by atoms with Gasteiger partial charge in [0.15, 0.2) is 0 Å². The van der Waals surface area contributed by atoms with Crippen LogP contribution in [0.3, 0.4) is 0 Å². The average molecular weight is 286 g/mol. The van der Waals surface area contributed by atoms with E-state index in [0.717, 1.165) is 5.69 Å². The van der Waals surface area contributed by atoms with Crippen molar-refractivity contribution in [2.45, 2.75) is 66.2 Å². The van der Waals surface area contributed by atoms with Crippen LogP contribution in [0.1, 0.15) is 66.5 Å². The van der Waals surface area contributed by atoms with Gasteiger partial charge in [-0.1, -0.05) is 67.5 Å². The molecular weight excluding hydrogens is 256 g/mol. The lowest BCUT2D eigenvalue weighted by molar-refractivity contribution is 0.335. The minimum atomic E-state index is -0.00155. The van der Waals surface area contributed by atoms with Crippen LogP contribution in [0.25, 0.3) is 0 Å². The first-order chi connectivity index (χ1) is 9.56. The molecule has 0 saturated heterocycles. The summed E-state index contributed by atoms with van der Waals surface area (Å²) in [6.07, 6.45) is 0. The zero-order chi connectivity index (χ0) is 16.4. The molecule has 0 aliphatic rings. The Balaban J connectivity index is 3.75. The van der Waals surface area contributed by atoms with Gasteiger partial charge in [0.2, 0.25) is 0 Å². The lowest BCUT2D eigenvalue weighted by Crippen LogP contribution is -2.32. The van der Waals surface area contributed by atoms with Crippen LogP contribution in [0.2, 0.25) is 0 Å². The number of nitrogens with one attached hydrogen (secondary N) is 1. The molecule has 0 aromatic heterocycles. The van der Waals surface area contributed by atoms with E-state index < -0.39 is 0 Å². The molecule has 0 aliphatic carbocycles. The number of aliphatic imine (C=N–C) groups is 1. The second-order valence-electron chi connectivity index (χ2n) is 7.68. The van der Waals surface area contributed by atoms with Crippen molar-refractivity contribution in [3.05, 3.63) is 29.3 Å². The standard InChI is InChI=1S/C19H30N2/c1-13(2)18(5,6)15-10-9-11-16(21-12-20)17(15)19(7,8)14(3)4/h9-11,13-14,20H,1-8H3. The second kappa shape index (κ2) is 6.15. The minimum absolute atomic E-state index is 0.00155. The maximum atomic E-state index is 7.24. The van der Waals surface area contributed by atoms with E-state index in [4.69, 9.17) is 5.41 Å². The molecule has 2 heteroatoms. The van der Waals surface area contributed by atoms with E-state index in [1.54, 1.807) is 0 Å². The number of benzene rings is 1. The molecule has 1 aromatic carbocycles. The van der Waals surface area contributed by atoms with E-state index in [9.17, 15) is 0 Å². The fraction of sp³-hybridized carbons (Fsp3) is 0.632. The van der Waals surface area contributed by atoms with Crippen molar-refractivity contribution in [3.8, 4) is 0 Å². The van der Waals surface area contributed by atoms with E-state index in [1.165, 1.54) is 11.1 Å². The Morgan fingerprint density at radius 3 is 1.90 bits per heavy atom. The third kappa shape index (κ3) is 3.27. The molecule has 0 aliphatic heterocycles. The van der Waals surface area contributed by atoms with Crippen molar-refractivity contribution in [2.24, 2.45) is 16.8 Å². The minimum Gasteiger partial charge on any atom is -0.241 e. The highest BCUT2D eigenvalue weighted by molar-refractivity contribution is 5.61. The van der Waals surface area contributed by atoms with Crippen molar-refractivity contribution in [2.75, 3.05) is 0 Å². The zero-order valence-corrected chi connectivity index (χ0v) is 14.8. The molecule has 0 heterocycles. The lowest BCUT2D eigenvalue weighted by atomic mass is 9.65. The molecular formula is C19H30N2. The van der Waals surface area contributed by atoms with Crippen LogP contribution in [0.5, 0.6) is 0 Å². The fourth-order valence-electron chi connectivity index (χ4n) is 2.51. The summed E-state index contributed by atoms with van der Waals surface area (Å²) in [7, 11) is 0. The fourth-order valence-corrected chi connectivity index (χ4v) is 2.51. The predicted octanol–water partition coefficient (Wildman–Crippen LogP) is 5.94. The maximum Gasteiger partial charge on any atom is 0.0918 e. The number of nitrogens with zero attached hydrogens (tertiary/aromatic N) is 1. The van der Waals surface area contributed by atoms with Gasteiger partial charge in [0.25, 0.3) is 0 Å². The van der Waals surface area contributed by atoms with Crippen molar-refractivity contribution >= 4 is 11.7 Å². The third-order valence-electron chi connectivity index (χ3n) is 5.44. The SMILES string of the molecule is CC(C)C(C)(C)c1cccc(N=C=N)c1C(C)(C)C(C)C. The maximum absolute atomic E-state index is 7.24. The smallest absolute Gasteiger partial charge is 0.0918 e. The van der Waals surface area contributed by atoms with Crippen molar-refractivity contribution < 1.29 is 0 Å². The average Bonchev–Trinajstić information content (AvgIpc) is 2.38. The van der Waals surface area contributed by atoms with E-state index in [0.29, 0.717) is 11.8 Å². The van der Waals surface area contributed by atoms with E-state index in [1.807, 2.05) is 6.07 Å². The van der Waals surface area contributed by atoms with Crippen LogP contribution in [-0.2, 0) is 10.8 Å². The molecule has 0 spiro atoms. The Hall–Kier alpha value is -1.40. The summed E-state index contributed by atoms with van der Waals surface area (Å²) in [5.41, 5.74) is 3.55. The lowest BCUT2D eigenvalue weighted by Gasteiger charge is -2.39. The summed E-state index contributed by atoms with van der Waals surface area (Å²) in [4.78, 5) is 4.21. The molecule has 0 bridgehead atoms. The molecule has 1 N–H and O–H groups in total. The first kappa shape index (κ1) is 17.7. The van der Waals surface area contributed by atoms with Gasteiger partial charge >= 0.3 is 0 Å². The quantitative estimate of drug-likeness (QED) is 0.650. The van der Waals surface area contributed by atoms with Crippen LogP contribution < -0.4 is 0 Å². The van der Waals surface area contributed by atoms with Gasteiger partial charge in [-0.3, -0.25) is 0 Å². The highest BCUT2D eigenvalue weighted by Gasteiger charge is 2.36. The van der Waals surface area contributed by atoms with Crippen LogP contribution >= 0.6 is 0 Å². The molecule has 0 atom stereocenters. The van der Waals surface area contributed by atoms with Crippen molar-refractivity contribution in [3.63, 3.8) is 0 Å². The molecule has 0 amide bonds. The monoisotopic (exact) mass is 286 g/mol. The molecule has 1 aromatic rings. The van der Waals surface area contributed by atoms with Gasteiger partial charge in [-0.05, 0) is 39.9 Å². The van der Waals surface area contributed by atoms with Gasteiger partial charge in [-0.15, -0.1) is 0 Å². The molecule has 116 valence electrons. The Bertz CT molecular complexity index is 545. The molecule has 1 rings (SSSR count). The normalized spacial score (nSPS) is 12.7. The largest absolute Gasteiger partial charge is 0.241 e. The highest BCUT2D eigenvalue weighted by Crippen LogP contribution is 2.45. The highest BCUT2D eigenvalue weighted by atomic mass is 14.7. The molecule has 21 heavy (non-hydrogen) atoms. The van der Waals surface area contributed by atoms with E-state index in [2.05, 4.69) is 78.5 Å². The summed E-state index contributed by atoms with van der Waals surface area (Å²) >= 11 is 0. The topological polar surface area (TPSA) is 36.2 Å². The Kier molecular flexibility index (Phi) is 5.17. The van der Waals surface area contributed by atoms with Crippen molar-refractivity contribution in [1.82, 2.24) is 0 Å². The third-order valence-corrected chi connectivity index (χ3v) is 5.44. The van der Waals surface area contributed by atoms with Gasteiger partial charge in [0.1, 0.15) is 0 Å². The predicted molar refractivity (Wildman–Crippen MR) is 92.0 cm³/mol. The summed E-state index contributed by atoms with van der Waals surface area (Å²) in [6.45, 7) is 18.2. The van der Waals surface area contributed by atoms with Gasteiger partial charge in [0, 0.05) is 0 Å². The second-order valence-corrected chi connectivity index (χ2v) is 7.68. The molecule has 0 fully saturated rings. The molecule has 0 saturated carbocycles. The zero-order valence-electron chi connectivity index (χ0n) is 14.8. The summed E-state index contributed by atoms with van der Waals surface area (Å²) in [5.74, 6) is 1.01. The number of rotatable bonds is 5. The van der Waals surface area contributed by atoms with Crippen LogP contribution in [0.4, 0.5) is 5.69 Å². The summed E-state index contributed by atoms with van der Waals surface area (Å²) in [5, 5.41) is 7.24. The molecule has 2 nitrogen and oxygen atoms in total. The van der Waals surface area contributed by atoms with Gasteiger partial charge in [-0.2, -0.15) is 4.99 Å². The molecule has 0 radical (unpaired) electrons. The summed E-state index contributed by atoms with van der Waals surface area (Å²) in [6, 6.07) is 8.49. The Morgan fingerprint density at radius 1 is 0.952 bits per heavy atom.